The van der Waals surface area contributed by atoms with Gasteiger partial charge < -0.3 is 15.4 Å². The maximum atomic E-state index is 11.7. The predicted octanol–water partition coefficient (Wildman–Crippen LogP) is 2.40. The summed E-state index contributed by atoms with van der Waals surface area (Å²) in [6.07, 6.45) is -0.490. The Balaban J connectivity index is 2.80. The summed E-state index contributed by atoms with van der Waals surface area (Å²) < 4.78 is 5.80. The molecule has 0 saturated heterocycles. The average Bonchev–Trinajstić information content (AvgIpc) is 2.39. The van der Waals surface area contributed by atoms with E-state index >= 15 is 0 Å². The normalized spacial score (nSPS) is 12.3. The number of carbonyl (C=O) groups excluding carboxylic acids is 1. The van der Waals surface area contributed by atoms with E-state index in [0.29, 0.717) is 12.6 Å². The van der Waals surface area contributed by atoms with E-state index in [-0.39, 0.29) is 5.91 Å². The second-order valence-corrected chi connectivity index (χ2v) is 5.30. The molecule has 0 aliphatic heterocycles. The Labute approximate surface area is 121 Å². The summed E-state index contributed by atoms with van der Waals surface area (Å²) in [7, 11) is 0. The summed E-state index contributed by atoms with van der Waals surface area (Å²) in [6.45, 7) is 11.3. The summed E-state index contributed by atoms with van der Waals surface area (Å²) in [5, 5.41) is 6.14. The van der Waals surface area contributed by atoms with Crippen LogP contribution in [0.4, 0.5) is 0 Å². The van der Waals surface area contributed by atoms with Gasteiger partial charge in [-0.3, -0.25) is 4.79 Å². The van der Waals surface area contributed by atoms with Gasteiger partial charge in [0, 0.05) is 24.7 Å². The van der Waals surface area contributed by atoms with Gasteiger partial charge in [-0.2, -0.15) is 0 Å². The zero-order chi connectivity index (χ0) is 15.1. The van der Waals surface area contributed by atoms with Gasteiger partial charge in [0.1, 0.15) is 5.75 Å². The maximum Gasteiger partial charge on any atom is 0.260 e. The van der Waals surface area contributed by atoms with Crippen molar-refractivity contribution < 1.29 is 9.53 Å². The first-order valence-corrected chi connectivity index (χ1v) is 7.21. The number of aryl methyl sites for hydroxylation is 1. The van der Waals surface area contributed by atoms with Gasteiger partial charge in [0.05, 0.1) is 0 Å². The number of likely N-dealkylation sites (N-methyl/N-ethyl adjacent to an activating group) is 1. The molecule has 0 fully saturated rings. The van der Waals surface area contributed by atoms with E-state index in [1.54, 1.807) is 6.92 Å². The summed E-state index contributed by atoms with van der Waals surface area (Å²) in [6, 6.07) is 6.43. The third-order valence-corrected chi connectivity index (χ3v) is 2.94. The molecule has 20 heavy (non-hydrogen) atoms. The van der Waals surface area contributed by atoms with Crippen LogP contribution in [0.5, 0.6) is 5.75 Å². The van der Waals surface area contributed by atoms with Gasteiger partial charge in [0.2, 0.25) is 0 Å². The van der Waals surface area contributed by atoms with Gasteiger partial charge in [-0.05, 0) is 26.8 Å². The molecule has 1 amide bonds. The first-order chi connectivity index (χ1) is 9.43. The van der Waals surface area contributed by atoms with Gasteiger partial charge in [-0.25, -0.2) is 0 Å². The van der Waals surface area contributed by atoms with Crippen molar-refractivity contribution in [3.05, 3.63) is 29.3 Å². The monoisotopic (exact) mass is 278 g/mol. The number of benzene rings is 1. The standard InChI is InChI=1S/C16H26N2O2/c1-6-17-16(19)13(5)20-15-8-7-12(4)9-14(15)10-18-11(2)3/h7-9,11,13,18H,6,10H2,1-5H3,(H,17,19). The molecule has 0 saturated carbocycles. The minimum atomic E-state index is -0.490. The molecule has 4 heteroatoms. The number of amides is 1. The van der Waals surface area contributed by atoms with Crippen molar-refractivity contribution >= 4 is 5.91 Å². The quantitative estimate of drug-likeness (QED) is 0.805. The van der Waals surface area contributed by atoms with Gasteiger partial charge in [0.25, 0.3) is 5.91 Å². The van der Waals surface area contributed by atoms with Crippen molar-refractivity contribution in [2.24, 2.45) is 0 Å². The molecule has 0 bridgehead atoms. The van der Waals surface area contributed by atoms with Gasteiger partial charge in [0.15, 0.2) is 6.10 Å². The van der Waals surface area contributed by atoms with Crippen molar-refractivity contribution in [2.45, 2.75) is 53.3 Å². The SMILES string of the molecule is CCNC(=O)C(C)Oc1ccc(C)cc1CNC(C)C. The molecule has 1 rings (SSSR count). The zero-order valence-corrected chi connectivity index (χ0v) is 13.1. The average molecular weight is 278 g/mol. The fraction of sp³-hybridized carbons (Fsp3) is 0.562. The molecule has 0 aliphatic carbocycles. The van der Waals surface area contributed by atoms with Crippen LogP contribution in [-0.4, -0.2) is 24.6 Å². The molecular formula is C16H26N2O2. The summed E-state index contributed by atoms with van der Waals surface area (Å²) in [5.41, 5.74) is 2.26. The molecule has 0 spiro atoms. The summed E-state index contributed by atoms with van der Waals surface area (Å²) in [5.74, 6) is 0.679. The third-order valence-electron chi connectivity index (χ3n) is 2.94. The molecule has 0 aromatic heterocycles. The van der Waals surface area contributed by atoms with Crippen LogP contribution in [0.2, 0.25) is 0 Å². The topological polar surface area (TPSA) is 50.4 Å². The number of hydrogen-bond donors (Lipinski definition) is 2. The van der Waals surface area contributed by atoms with Crippen LogP contribution in [0.1, 0.15) is 38.8 Å². The predicted molar refractivity (Wildman–Crippen MR) is 81.9 cm³/mol. The highest BCUT2D eigenvalue weighted by Crippen LogP contribution is 2.21. The molecule has 0 radical (unpaired) electrons. The molecular weight excluding hydrogens is 252 g/mol. The third kappa shape index (κ3) is 5.21. The Morgan fingerprint density at radius 3 is 2.60 bits per heavy atom. The number of rotatable bonds is 7. The molecule has 1 aromatic rings. The van der Waals surface area contributed by atoms with E-state index in [1.165, 1.54) is 5.56 Å². The van der Waals surface area contributed by atoms with Crippen LogP contribution in [0.3, 0.4) is 0 Å². The van der Waals surface area contributed by atoms with E-state index < -0.39 is 6.10 Å². The lowest BCUT2D eigenvalue weighted by Crippen LogP contribution is -2.36. The van der Waals surface area contributed by atoms with E-state index in [9.17, 15) is 4.79 Å². The summed E-state index contributed by atoms with van der Waals surface area (Å²) >= 11 is 0. The smallest absolute Gasteiger partial charge is 0.260 e. The Bertz CT molecular complexity index is 444. The molecule has 1 unspecified atom stereocenters. The highest BCUT2D eigenvalue weighted by Gasteiger charge is 2.15. The molecule has 4 nitrogen and oxygen atoms in total. The van der Waals surface area contributed by atoms with Crippen molar-refractivity contribution in [2.75, 3.05) is 6.54 Å². The van der Waals surface area contributed by atoms with Gasteiger partial charge >= 0.3 is 0 Å². The molecule has 0 aliphatic rings. The fourth-order valence-electron chi connectivity index (χ4n) is 1.84. The summed E-state index contributed by atoms with van der Waals surface area (Å²) in [4.78, 5) is 11.7. The lowest BCUT2D eigenvalue weighted by molar-refractivity contribution is -0.127. The number of hydrogen-bond acceptors (Lipinski definition) is 3. The van der Waals surface area contributed by atoms with Crippen LogP contribution in [0, 0.1) is 6.92 Å². The minimum absolute atomic E-state index is 0.0872. The van der Waals surface area contributed by atoms with Crippen molar-refractivity contribution in [3.63, 3.8) is 0 Å². The second kappa shape index (κ2) is 7.90. The molecule has 1 aromatic carbocycles. The van der Waals surface area contributed by atoms with Gasteiger partial charge in [-0.15, -0.1) is 0 Å². The molecule has 112 valence electrons. The largest absolute Gasteiger partial charge is 0.481 e. The highest BCUT2D eigenvalue weighted by molar-refractivity contribution is 5.80. The zero-order valence-electron chi connectivity index (χ0n) is 13.1. The van der Waals surface area contributed by atoms with Crippen LogP contribution >= 0.6 is 0 Å². The molecule has 2 N–H and O–H groups in total. The van der Waals surface area contributed by atoms with E-state index in [0.717, 1.165) is 17.9 Å². The number of nitrogens with one attached hydrogen (secondary N) is 2. The minimum Gasteiger partial charge on any atom is -0.481 e. The van der Waals surface area contributed by atoms with Crippen LogP contribution < -0.4 is 15.4 Å². The number of carbonyl (C=O) groups is 1. The van der Waals surface area contributed by atoms with Crippen LogP contribution in [0.15, 0.2) is 18.2 Å². The lowest BCUT2D eigenvalue weighted by Gasteiger charge is -2.18. The van der Waals surface area contributed by atoms with E-state index in [4.69, 9.17) is 4.74 Å². The second-order valence-electron chi connectivity index (χ2n) is 5.30. The van der Waals surface area contributed by atoms with E-state index in [2.05, 4.69) is 37.5 Å². The highest BCUT2D eigenvalue weighted by atomic mass is 16.5. The molecule has 1 atom stereocenters. The lowest BCUT2D eigenvalue weighted by atomic mass is 10.1. The van der Waals surface area contributed by atoms with Crippen molar-refractivity contribution in [1.82, 2.24) is 10.6 Å². The fourth-order valence-corrected chi connectivity index (χ4v) is 1.84. The first kappa shape index (κ1) is 16.5. The van der Waals surface area contributed by atoms with Crippen molar-refractivity contribution in [1.29, 1.82) is 0 Å². The van der Waals surface area contributed by atoms with Crippen LogP contribution in [-0.2, 0) is 11.3 Å². The maximum absolute atomic E-state index is 11.7. The Hall–Kier alpha value is -1.55. The van der Waals surface area contributed by atoms with Crippen molar-refractivity contribution in [3.8, 4) is 5.75 Å². The number of ether oxygens (including phenoxy) is 1. The Morgan fingerprint density at radius 1 is 1.30 bits per heavy atom. The Morgan fingerprint density at radius 2 is 2.00 bits per heavy atom. The first-order valence-electron chi connectivity index (χ1n) is 7.21. The van der Waals surface area contributed by atoms with Gasteiger partial charge in [-0.1, -0.05) is 31.5 Å². The van der Waals surface area contributed by atoms with E-state index in [1.807, 2.05) is 19.1 Å². The van der Waals surface area contributed by atoms with Crippen LogP contribution in [0.25, 0.3) is 0 Å². The molecule has 0 heterocycles. The Kier molecular flexibility index (Phi) is 6.52.